The van der Waals surface area contributed by atoms with Gasteiger partial charge in [-0.2, -0.15) is 5.10 Å². The van der Waals surface area contributed by atoms with Crippen molar-refractivity contribution in [2.24, 2.45) is 5.92 Å². The van der Waals surface area contributed by atoms with Crippen LogP contribution in [0.3, 0.4) is 0 Å². The number of nitrogens with zero attached hydrogens (tertiary/aromatic N) is 3. The Bertz CT molecular complexity index is 701. The standard InChI is InChI=1S/C19H26N4O/c1-4-5-6-15-7-10-17(20-12-15)19(24)22-18-13(2)11-21-23(18)14(3)16-8-9-16/h7,10-12,14,16H,4-6,8-9H2,1-3H3,(H,22,24). The van der Waals surface area contributed by atoms with Gasteiger partial charge in [0.05, 0.1) is 12.2 Å². The van der Waals surface area contributed by atoms with Gasteiger partial charge in [-0.15, -0.1) is 0 Å². The molecule has 0 aliphatic heterocycles. The molecule has 0 spiro atoms. The van der Waals surface area contributed by atoms with Crippen molar-refractivity contribution < 1.29 is 4.79 Å². The van der Waals surface area contributed by atoms with Crippen molar-refractivity contribution in [3.63, 3.8) is 0 Å². The van der Waals surface area contributed by atoms with Crippen LogP contribution in [0.15, 0.2) is 24.5 Å². The van der Waals surface area contributed by atoms with Gasteiger partial charge >= 0.3 is 0 Å². The van der Waals surface area contributed by atoms with E-state index in [9.17, 15) is 4.79 Å². The van der Waals surface area contributed by atoms with Crippen molar-refractivity contribution in [2.75, 3.05) is 5.32 Å². The minimum atomic E-state index is -0.176. The van der Waals surface area contributed by atoms with E-state index >= 15 is 0 Å². The smallest absolute Gasteiger partial charge is 0.275 e. The molecule has 2 aromatic heterocycles. The number of pyridine rings is 1. The lowest BCUT2D eigenvalue weighted by atomic mass is 10.1. The molecule has 24 heavy (non-hydrogen) atoms. The topological polar surface area (TPSA) is 59.8 Å². The Kier molecular flexibility index (Phi) is 4.97. The van der Waals surface area contributed by atoms with E-state index in [2.05, 4.69) is 29.2 Å². The predicted molar refractivity (Wildman–Crippen MR) is 95.2 cm³/mol. The Morgan fingerprint density at radius 2 is 2.17 bits per heavy atom. The van der Waals surface area contributed by atoms with Gasteiger partial charge < -0.3 is 5.32 Å². The molecule has 0 saturated heterocycles. The van der Waals surface area contributed by atoms with Crippen LogP contribution in [0.2, 0.25) is 0 Å². The first kappa shape index (κ1) is 16.7. The monoisotopic (exact) mass is 326 g/mol. The fraction of sp³-hybridized carbons (Fsp3) is 0.526. The molecule has 3 rings (SSSR count). The number of aromatic nitrogens is 3. The number of hydrogen-bond donors (Lipinski definition) is 1. The molecule has 0 bridgehead atoms. The number of carbonyl (C=O) groups is 1. The maximum Gasteiger partial charge on any atom is 0.275 e. The highest BCUT2D eigenvalue weighted by Gasteiger charge is 2.31. The minimum absolute atomic E-state index is 0.176. The zero-order chi connectivity index (χ0) is 17.1. The summed E-state index contributed by atoms with van der Waals surface area (Å²) in [6, 6.07) is 4.12. The van der Waals surface area contributed by atoms with Crippen molar-refractivity contribution in [3.05, 3.63) is 41.3 Å². The van der Waals surface area contributed by atoms with Gasteiger partial charge in [-0.3, -0.25) is 9.78 Å². The van der Waals surface area contributed by atoms with Gasteiger partial charge in [-0.1, -0.05) is 19.4 Å². The molecule has 2 heterocycles. The van der Waals surface area contributed by atoms with E-state index in [1.54, 1.807) is 6.07 Å². The summed E-state index contributed by atoms with van der Waals surface area (Å²) in [6.07, 6.45) is 9.42. The van der Waals surface area contributed by atoms with Crippen LogP contribution in [0.1, 0.15) is 67.2 Å². The van der Waals surface area contributed by atoms with Gasteiger partial charge in [0.15, 0.2) is 0 Å². The third kappa shape index (κ3) is 3.66. The molecule has 1 aliphatic rings. The van der Waals surface area contributed by atoms with Crippen LogP contribution in [-0.4, -0.2) is 20.7 Å². The van der Waals surface area contributed by atoms with Gasteiger partial charge in [-0.05, 0) is 57.1 Å². The van der Waals surface area contributed by atoms with Gasteiger partial charge in [0.1, 0.15) is 11.5 Å². The maximum atomic E-state index is 12.5. The van der Waals surface area contributed by atoms with Gasteiger partial charge in [0.25, 0.3) is 5.91 Å². The van der Waals surface area contributed by atoms with Crippen LogP contribution in [0, 0.1) is 12.8 Å². The summed E-state index contributed by atoms with van der Waals surface area (Å²) in [5.74, 6) is 1.29. The van der Waals surface area contributed by atoms with Crippen molar-refractivity contribution in [3.8, 4) is 0 Å². The Morgan fingerprint density at radius 1 is 1.38 bits per heavy atom. The number of anilines is 1. The highest BCUT2D eigenvalue weighted by molar-refractivity contribution is 6.02. The molecule has 0 aromatic carbocycles. The number of amides is 1. The molecule has 1 amide bonds. The quantitative estimate of drug-likeness (QED) is 0.831. The summed E-state index contributed by atoms with van der Waals surface area (Å²) in [7, 11) is 0. The Morgan fingerprint density at radius 3 is 2.79 bits per heavy atom. The molecule has 0 radical (unpaired) electrons. The largest absolute Gasteiger partial charge is 0.305 e. The highest BCUT2D eigenvalue weighted by atomic mass is 16.2. The van der Waals surface area contributed by atoms with Gasteiger partial charge in [-0.25, -0.2) is 4.68 Å². The van der Waals surface area contributed by atoms with Crippen molar-refractivity contribution >= 4 is 11.7 Å². The van der Waals surface area contributed by atoms with Crippen LogP contribution in [0.5, 0.6) is 0 Å². The lowest BCUT2D eigenvalue weighted by Crippen LogP contribution is -2.20. The van der Waals surface area contributed by atoms with E-state index in [0.717, 1.165) is 30.6 Å². The normalized spacial score (nSPS) is 15.3. The summed E-state index contributed by atoms with van der Waals surface area (Å²) in [4.78, 5) is 16.9. The van der Waals surface area contributed by atoms with Crippen molar-refractivity contribution in [1.29, 1.82) is 0 Å². The first-order valence-electron chi connectivity index (χ1n) is 8.90. The van der Waals surface area contributed by atoms with E-state index in [4.69, 9.17) is 0 Å². The zero-order valence-corrected chi connectivity index (χ0v) is 14.7. The fourth-order valence-electron chi connectivity index (χ4n) is 2.95. The Labute approximate surface area is 143 Å². The van der Waals surface area contributed by atoms with Crippen molar-refractivity contribution in [2.45, 2.75) is 58.9 Å². The predicted octanol–water partition coefficient (Wildman–Crippen LogP) is 4.15. The van der Waals surface area contributed by atoms with E-state index in [-0.39, 0.29) is 5.91 Å². The fourth-order valence-corrected chi connectivity index (χ4v) is 2.95. The molecule has 128 valence electrons. The molecule has 5 nitrogen and oxygen atoms in total. The average molecular weight is 326 g/mol. The first-order valence-corrected chi connectivity index (χ1v) is 8.90. The lowest BCUT2D eigenvalue weighted by Gasteiger charge is -2.16. The molecule has 1 N–H and O–H groups in total. The molecule has 1 atom stereocenters. The van der Waals surface area contributed by atoms with Crippen LogP contribution < -0.4 is 5.32 Å². The first-order chi connectivity index (χ1) is 11.6. The SMILES string of the molecule is CCCCc1ccc(C(=O)Nc2c(C)cnn2C(C)C2CC2)nc1. The summed E-state index contributed by atoms with van der Waals surface area (Å²) in [5, 5.41) is 7.45. The van der Waals surface area contributed by atoms with Crippen molar-refractivity contribution in [1.82, 2.24) is 14.8 Å². The lowest BCUT2D eigenvalue weighted by molar-refractivity contribution is 0.102. The van der Waals surface area contributed by atoms with Crippen LogP contribution in [0.4, 0.5) is 5.82 Å². The molecule has 1 saturated carbocycles. The number of aryl methyl sites for hydroxylation is 2. The zero-order valence-electron chi connectivity index (χ0n) is 14.7. The Hall–Kier alpha value is -2.17. The number of unbranched alkanes of at least 4 members (excludes halogenated alkanes) is 1. The van der Waals surface area contributed by atoms with E-state index < -0.39 is 0 Å². The van der Waals surface area contributed by atoms with Crippen LogP contribution in [-0.2, 0) is 6.42 Å². The molecule has 5 heteroatoms. The van der Waals surface area contributed by atoms with E-state index in [1.807, 2.05) is 30.1 Å². The molecular weight excluding hydrogens is 300 g/mol. The minimum Gasteiger partial charge on any atom is -0.305 e. The van der Waals surface area contributed by atoms with E-state index in [1.165, 1.54) is 18.4 Å². The second-order valence-electron chi connectivity index (χ2n) is 6.81. The molecular formula is C19H26N4O. The number of carbonyl (C=O) groups excluding carboxylic acids is 1. The second kappa shape index (κ2) is 7.16. The number of rotatable bonds is 7. The summed E-state index contributed by atoms with van der Waals surface area (Å²) in [6.45, 7) is 6.31. The average Bonchev–Trinajstić information content (AvgIpc) is 3.38. The summed E-state index contributed by atoms with van der Waals surface area (Å²) >= 11 is 0. The molecule has 1 aliphatic carbocycles. The molecule has 2 aromatic rings. The van der Waals surface area contributed by atoms with E-state index in [0.29, 0.717) is 17.7 Å². The summed E-state index contributed by atoms with van der Waals surface area (Å²) < 4.78 is 1.94. The van der Waals surface area contributed by atoms with Gasteiger partial charge in [0.2, 0.25) is 0 Å². The third-order valence-corrected chi connectivity index (χ3v) is 4.78. The summed E-state index contributed by atoms with van der Waals surface area (Å²) in [5.41, 5.74) is 2.61. The number of hydrogen-bond acceptors (Lipinski definition) is 3. The van der Waals surface area contributed by atoms with Crippen LogP contribution in [0.25, 0.3) is 0 Å². The number of nitrogens with one attached hydrogen (secondary N) is 1. The molecule has 1 fully saturated rings. The van der Waals surface area contributed by atoms with Crippen LogP contribution >= 0.6 is 0 Å². The highest BCUT2D eigenvalue weighted by Crippen LogP contribution is 2.40. The Balaban J connectivity index is 1.71. The maximum absolute atomic E-state index is 12.5. The second-order valence-corrected chi connectivity index (χ2v) is 6.81. The molecule has 1 unspecified atom stereocenters. The van der Waals surface area contributed by atoms with Gasteiger partial charge in [0, 0.05) is 11.8 Å². The third-order valence-electron chi connectivity index (χ3n) is 4.78.